The SMILES string of the molecule is CC(=O)NCCNC(=O)C1CSC2(C)CCC(=O)N12. The maximum atomic E-state index is 12.1. The normalized spacial score (nSPS) is 29.3. The van der Waals surface area contributed by atoms with Gasteiger partial charge < -0.3 is 15.5 Å². The van der Waals surface area contributed by atoms with Gasteiger partial charge in [-0.2, -0.15) is 0 Å². The van der Waals surface area contributed by atoms with Crippen LogP contribution in [0.2, 0.25) is 0 Å². The molecule has 2 saturated heterocycles. The van der Waals surface area contributed by atoms with E-state index in [-0.39, 0.29) is 28.6 Å². The second-order valence-corrected chi connectivity index (χ2v) is 6.54. The molecule has 0 spiro atoms. The molecule has 19 heavy (non-hydrogen) atoms. The zero-order chi connectivity index (χ0) is 14.0. The van der Waals surface area contributed by atoms with E-state index in [0.717, 1.165) is 6.42 Å². The van der Waals surface area contributed by atoms with Crippen LogP contribution in [-0.2, 0) is 14.4 Å². The van der Waals surface area contributed by atoms with Crippen LogP contribution in [0.25, 0.3) is 0 Å². The van der Waals surface area contributed by atoms with E-state index in [1.54, 1.807) is 16.7 Å². The van der Waals surface area contributed by atoms with Crippen molar-refractivity contribution in [3.05, 3.63) is 0 Å². The minimum atomic E-state index is -0.373. The lowest BCUT2D eigenvalue weighted by Gasteiger charge is -2.29. The number of nitrogens with one attached hydrogen (secondary N) is 2. The van der Waals surface area contributed by atoms with Gasteiger partial charge in [-0.25, -0.2) is 0 Å². The lowest BCUT2D eigenvalue weighted by atomic mass is 10.2. The van der Waals surface area contributed by atoms with Crippen LogP contribution in [0.4, 0.5) is 0 Å². The van der Waals surface area contributed by atoms with E-state index in [4.69, 9.17) is 0 Å². The van der Waals surface area contributed by atoms with Crippen molar-refractivity contribution < 1.29 is 14.4 Å². The number of carbonyl (C=O) groups is 3. The van der Waals surface area contributed by atoms with Crippen LogP contribution in [0, 0.1) is 0 Å². The Balaban J connectivity index is 1.86. The molecular weight excluding hydrogens is 266 g/mol. The van der Waals surface area contributed by atoms with E-state index in [1.165, 1.54) is 6.92 Å². The minimum absolute atomic E-state index is 0.0644. The quantitative estimate of drug-likeness (QED) is 0.695. The molecule has 2 aliphatic heterocycles. The maximum absolute atomic E-state index is 12.1. The molecular formula is C12H19N3O3S. The Morgan fingerprint density at radius 2 is 2.11 bits per heavy atom. The van der Waals surface area contributed by atoms with Crippen molar-refractivity contribution in [3.8, 4) is 0 Å². The molecule has 0 saturated carbocycles. The molecule has 2 rings (SSSR count). The molecule has 2 unspecified atom stereocenters. The second-order valence-electron chi connectivity index (χ2n) is 5.04. The van der Waals surface area contributed by atoms with E-state index in [0.29, 0.717) is 25.3 Å². The third kappa shape index (κ3) is 2.86. The summed E-state index contributed by atoms with van der Waals surface area (Å²) < 4.78 is 0. The number of hydrogen-bond donors (Lipinski definition) is 2. The zero-order valence-electron chi connectivity index (χ0n) is 11.2. The zero-order valence-corrected chi connectivity index (χ0v) is 12.0. The van der Waals surface area contributed by atoms with Gasteiger partial charge in [-0.05, 0) is 13.3 Å². The highest BCUT2D eigenvalue weighted by atomic mass is 32.2. The number of fused-ring (bicyclic) bond motifs is 1. The van der Waals surface area contributed by atoms with Gasteiger partial charge in [0, 0.05) is 32.2 Å². The summed E-state index contributed by atoms with van der Waals surface area (Å²) in [5, 5.41) is 5.38. The Morgan fingerprint density at radius 3 is 2.79 bits per heavy atom. The van der Waals surface area contributed by atoms with Crippen LogP contribution in [0.15, 0.2) is 0 Å². The van der Waals surface area contributed by atoms with E-state index in [1.807, 2.05) is 6.92 Å². The molecule has 0 aromatic rings. The Labute approximate surface area is 116 Å². The molecule has 0 aromatic heterocycles. The fourth-order valence-electron chi connectivity index (χ4n) is 2.56. The van der Waals surface area contributed by atoms with Gasteiger partial charge in [0.2, 0.25) is 17.7 Å². The average molecular weight is 285 g/mol. The summed E-state index contributed by atoms with van der Waals surface area (Å²) in [6.07, 6.45) is 1.34. The lowest BCUT2D eigenvalue weighted by molar-refractivity contribution is -0.137. The van der Waals surface area contributed by atoms with Crippen LogP contribution < -0.4 is 10.6 Å². The first-order valence-corrected chi connectivity index (χ1v) is 7.41. The molecule has 0 bridgehead atoms. The highest BCUT2D eigenvalue weighted by Gasteiger charge is 2.52. The van der Waals surface area contributed by atoms with Gasteiger partial charge in [-0.1, -0.05) is 0 Å². The number of amides is 3. The van der Waals surface area contributed by atoms with Gasteiger partial charge >= 0.3 is 0 Å². The van der Waals surface area contributed by atoms with Crippen LogP contribution >= 0.6 is 11.8 Å². The van der Waals surface area contributed by atoms with Crippen LogP contribution in [0.1, 0.15) is 26.7 Å². The molecule has 2 aliphatic rings. The van der Waals surface area contributed by atoms with Gasteiger partial charge in [0.1, 0.15) is 6.04 Å². The maximum Gasteiger partial charge on any atom is 0.243 e. The predicted molar refractivity (Wildman–Crippen MR) is 72.4 cm³/mol. The van der Waals surface area contributed by atoms with Crippen molar-refractivity contribution in [3.63, 3.8) is 0 Å². The summed E-state index contributed by atoms with van der Waals surface area (Å²) in [6.45, 7) is 4.25. The van der Waals surface area contributed by atoms with E-state index in [9.17, 15) is 14.4 Å². The van der Waals surface area contributed by atoms with Gasteiger partial charge in [-0.3, -0.25) is 14.4 Å². The third-order valence-electron chi connectivity index (χ3n) is 3.55. The standard InChI is InChI=1S/C12H19N3O3S/c1-8(16)13-5-6-14-11(18)9-7-19-12(2)4-3-10(17)15(9)12/h9H,3-7H2,1-2H3,(H,13,16)(H,14,18). The van der Waals surface area contributed by atoms with Gasteiger partial charge in [0.05, 0.1) is 4.87 Å². The highest BCUT2D eigenvalue weighted by Crippen LogP contribution is 2.47. The summed E-state index contributed by atoms with van der Waals surface area (Å²) in [5.41, 5.74) is 0. The Morgan fingerprint density at radius 1 is 1.42 bits per heavy atom. The van der Waals surface area contributed by atoms with Crippen LogP contribution in [-0.4, -0.2) is 52.4 Å². The number of carbonyl (C=O) groups excluding carboxylic acids is 3. The number of nitrogens with zero attached hydrogens (tertiary/aromatic N) is 1. The number of rotatable bonds is 4. The second kappa shape index (κ2) is 5.40. The highest BCUT2D eigenvalue weighted by molar-refractivity contribution is 8.01. The number of thioether (sulfide) groups is 1. The summed E-state index contributed by atoms with van der Waals surface area (Å²) in [7, 11) is 0. The largest absolute Gasteiger partial charge is 0.355 e. The van der Waals surface area contributed by atoms with Gasteiger partial charge in [0.25, 0.3) is 0 Å². The first kappa shape index (κ1) is 14.2. The van der Waals surface area contributed by atoms with Gasteiger partial charge in [0.15, 0.2) is 0 Å². The molecule has 0 aromatic carbocycles. The minimum Gasteiger partial charge on any atom is -0.355 e. The molecule has 2 N–H and O–H groups in total. The van der Waals surface area contributed by atoms with Crippen molar-refractivity contribution in [2.24, 2.45) is 0 Å². The van der Waals surface area contributed by atoms with E-state index < -0.39 is 0 Å². The first-order valence-electron chi connectivity index (χ1n) is 6.42. The predicted octanol–water partition coefficient (Wildman–Crippen LogP) is -0.307. The molecule has 7 heteroatoms. The summed E-state index contributed by atoms with van der Waals surface area (Å²) in [4.78, 5) is 36.2. The van der Waals surface area contributed by atoms with Crippen molar-refractivity contribution in [2.45, 2.75) is 37.6 Å². The molecule has 0 radical (unpaired) electrons. The third-order valence-corrected chi connectivity index (χ3v) is 5.05. The summed E-state index contributed by atoms with van der Waals surface area (Å²) in [6, 6.07) is -0.373. The summed E-state index contributed by atoms with van der Waals surface area (Å²) in [5.74, 6) is 0.466. The van der Waals surface area contributed by atoms with Crippen LogP contribution in [0.5, 0.6) is 0 Å². The van der Waals surface area contributed by atoms with Crippen molar-refractivity contribution >= 4 is 29.5 Å². The average Bonchev–Trinajstić information content (AvgIpc) is 2.82. The number of hydrogen-bond acceptors (Lipinski definition) is 4. The smallest absolute Gasteiger partial charge is 0.243 e. The lowest BCUT2D eigenvalue weighted by Crippen LogP contribution is -2.51. The monoisotopic (exact) mass is 285 g/mol. The molecule has 2 atom stereocenters. The fraction of sp³-hybridized carbons (Fsp3) is 0.750. The van der Waals surface area contributed by atoms with Crippen LogP contribution in [0.3, 0.4) is 0 Å². The summed E-state index contributed by atoms with van der Waals surface area (Å²) >= 11 is 1.67. The Hall–Kier alpha value is -1.24. The topological polar surface area (TPSA) is 78.5 Å². The molecule has 0 aliphatic carbocycles. The molecule has 2 heterocycles. The molecule has 106 valence electrons. The van der Waals surface area contributed by atoms with E-state index >= 15 is 0 Å². The van der Waals surface area contributed by atoms with Crippen molar-refractivity contribution in [2.75, 3.05) is 18.8 Å². The van der Waals surface area contributed by atoms with Crippen molar-refractivity contribution in [1.29, 1.82) is 0 Å². The first-order chi connectivity index (χ1) is 8.94. The molecule has 3 amide bonds. The fourth-order valence-corrected chi connectivity index (χ4v) is 3.99. The Kier molecular flexibility index (Phi) is 4.03. The van der Waals surface area contributed by atoms with Crippen molar-refractivity contribution in [1.82, 2.24) is 15.5 Å². The van der Waals surface area contributed by atoms with E-state index in [2.05, 4.69) is 10.6 Å². The molecule has 6 nitrogen and oxygen atoms in total. The Bertz CT molecular complexity index is 415. The van der Waals surface area contributed by atoms with Gasteiger partial charge in [-0.15, -0.1) is 11.8 Å². The molecule has 2 fully saturated rings.